The number of nitrogens with one attached hydrogen (secondary N) is 1. The highest BCUT2D eigenvalue weighted by atomic mass is 16.8. The zero-order chi connectivity index (χ0) is 44.1. The fraction of sp³-hybridized carbons (Fsp3) is 0.643. The van der Waals surface area contributed by atoms with Crippen molar-refractivity contribution in [2.24, 2.45) is 11.1 Å². The summed E-state index contributed by atoms with van der Waals surface area (Å²) in [7, 11) is 2.89. The first-order valence-electron chi connectivity index (χ1n) is 20.9. The predicted molar refractivity (Wildman–Crippen MR) is 212 cm³/mol. The van der Waals surface area contributed by atoms with E-state index in [1.807, 2.05) is 0 Å². The minimum atomic E-state index is -1.70. The molecule has 0 spiro atoms. The van der Waals surface area contributed by atoms with Crippen molar-refractivity contribution >= 4 is 23.5 Å². The van der Waals surface area contributed by atoms with Gasteiger partial charge in [-0.05, 0) is 49.9 Å². The molecule has 1 saturated carbocycles. The Morgan fingerprint density at radius 1 is 0.855 bits per heavy atom. The van der Waals surface area contributed by atoms with Gasteiger partial charge in [0.2, 0.25) is 6.10 Å². The summed E-state index contributed by atoms with van der Waals surface area (Å²) in [5.74, 6) is -1.71. The van der Waals surface area contributed by atoms with Gasteiger partial charge in [-0.15, -0.1) is 0 Å². The zero-order valence-corrected chi connectivity index (χ0v) is 34.5. The Balaban J connectivity index is 1.22. The monoisotopic (exact) mass is 875 g/mol. The van der Waals surface area contributed by atoms with Crippen molar-refractivity contribution in [1.29, 1.82) is 0 Å². The van der Waals surface area contributed by atoms with Gasteiger partial charge in [0.05, 0.1) is 38.6 Å². The van der Waals surface area contributed by atoms with Crippen LogP contribution in [0.3, 0.4) is 0 Å². The van der Waals surface area contributed by atoms with Crippen LogP contribution in [0.5, 0.6) is 11.5 Å². The number of anilines is 1. The second kappa shape index (κ2) is 20.4. The number of hydrogen-bond donors (Lipinski definition) is 4. The fourth-order valence-electron chi connectivity index (χ4n) is 8.65. The highest BCUT2D eigenvalue weighted by Gasteiger charge is 2.61. The molecule has 0 bridgehead atoms. The highest BCUT2D eigenvalue weighted by molar-refractivity contribution is 5.95. The van der Waals surface area contributed by atoms with Gasteiger partial charge in [-0.1, -0.05) is 55.5 Å². The number of aliphatic hydroxyl groups excluding tert-OH is 3. The number of carbonyl (C=O) groups excluding carboxylic acids is 3. The van der Waals surface area contributed by atoms with E-state index in [1.165, 1.54) is 39.3 Å². The van der Waals surface area contributed by atoms with Crippen molar-refractivity contribution in [2.75, 3.05) is 26.1 Å². The van der Waals surface area contributed by atoms with Crippen LogP contribution in [0.15, 0.2) is 53.7 Å². The van der Waals surface area contributed by atoms with E-state index in [4.69, 9.17) is 52.5 Å². The number of hydrogen-bond acceptors (Lipinski definition) is 18. The molecule has 4 heterocycles. The second-order valence-corrected chi connectivity index (χ2v) is 16.1. The number of methoxy groups -OCH3 is 2. The molecule has 1 aliphatic carbocycles. The Bertz CT molecular complexity index is 1850. The van der Waals surface area contributed by atoms with Crippen molar-refractivity contribution < 1.29 is 82.2 Å². The van der Waals surface area contributed by atoms with Crippen LogP contribution >= 0.6 is 0 Å². The largest absolute Gasteiger partial charge is 0.563 e. The van der Waals surface area contributed by atoms with E-state index >= 15 is 0 Å². The molecular formula is C42H55N2O18+. The summed E-state index contributed by atoms with van der Waals surface area (Å²) in [6, 6.07) is 11.1. The van der Waals surface area contributed by atoms with Gasteiger partial charge in [0.25, 0.3) is 5.91 Å². The number of nitroso groups, excluding NO2 is 1. The Hall–Kier alpha value is -4.35. The summed E-state index contributed by atoms with van der Waals surface area (Å²) in [5, 5.41) is 46.0. The SMILES string of the molecule is COc1ccc(NC(=O)C2OCCC(OC3OC4C(O[C@@H]4O)C(OC(CC4CCCCC4)C(=O)[OH2+])C3OC(=O)c3ccccc3)C2OC2OC(C)C(O)C(O)C2N=O)cc1OC. The average molecular weight is 876 g/mol. The van der Waals surface area contributed by atoms with Crippen LogP contribution in [0.25, 0.3) is 0 Å². The fourth-order valence-corrected chi connectivity index (χ4v) is 8.65. The summed E-state index contributed by atoms with van der Waals surface area (Å²) >= 11 is 0. The number of benzene rings is 2. The van der Waals surface area contributed by atoms with Crippen LogP contribution in [-0.4, -0.2) is 151 Å². The summed E-state index contributed by atoms with van der Waals surface area (Å²) in [6.07, 6.45) is -14.4. The van der Waals surface area contributed by atoms with Gasteiger partial charge in [-0.2, -0.15) is 4.91 Å². The summed E-state index contributed by atoms with van der Waals surface area (Å²) < 4.78 is 59.9. The smallest absolute Gasteiger partial charge is 0.545 e. The summed E-state index contributed by atoms with van der Waals surface area (Å²) in [6.45, 7) is 1.36. The number of esters is 1. The maximum Gasteiger partial charge on any atom is 0.545 e. The van der Waals surface area contributed by atoms with Gasteiger partial charge >= 0.3 is 11.9 Å². The summed E-state index contributed by atoms with van der Waals surface area (Å²) in [5.41, 5.74) is 0.444. The van der Waals surface area contributed by atoms with Crippen molar-refractivity contribution in [3.05, 3.63) is 59.0 Å². The molecule has 2 aromatic rings. The Morgan fingerprint density at radius 2 is 1.60 bits per heavy atom. The minimum absolute atomic E-state index is 0.00480. The Labute approximate surface area is 356 Å². The van der Waals surface area contributed by atoms with Crippen molar-refractivity contribution in [3.8, 4) is 11.5 Å². The van der Waals surface area contributed by atoms with E-state index in [0.29, 0.717) is 11.5 Å². The molecule has 20 nitrogen and oxygen atoms in total. The molecule has 0 radical (unpaired) electrons. The first kappa shape index (κ1) is 45.7. The van der Waals surface area contributed by atoms with Gasteiger partial charge in [0.15, 0.2) is 48.6 Å². The third-order valence-corrected chi connectivity index (χ3v) is 12.1. The van der Waals surface area contributed by atoms with E-state index in [1.54, 1.807) is 30.3 Å². The molecule has 0 aromatic heterocycles. The normalized spacial score (nSPS) is 35.3. The number of nitrogens with zero attached hydrogens (tertiary/aromatic N) is 1. The number of rotatable bonds is 16. The third-order valence-electron chi connectivity index (χ3n) is 12.1. The molecule has 2 aromatic carbocycles. The van der Waals surface area contributed by atoms with Crippen LogP contribution in [0.1, 0.15) is 62.2 Å². The first-order valence-corrected chi connectivity index (χ1v) is 20.9. The van der Waals surface area contributed by atoms with Crippen LogP contribution < -0.4 is 14.8 Å². The topological polar surface area (TPSA) is 269 Å². The van der Waals surface area contributed by atoms with Gasteiger partial charge in [-0.3, -0.25) is 4.79 Å². The van der Waals surface area contributed by atoms with Crippen LogP contribution in [0.4, 0.5) is 5.69 Å². The lowest BCUT2D eigenvalue weighted by atomic mass is 9.85. The first-order chi connectivity index (χ1) is 29.9. The van der Waals surface area contributed by atoms with E-state index in [9.17, 15) is 34.6 Å². The Morgan fingerprint density at radius 3 is 2.27 bits per heavy atom. The Kier molecular flexibility index (Phi) is 15.1. The van der Waals surface area contributed by atoms with Crippen molar-refractivity contribution in [1.82, 2.24) is 0 Å². The lowest BCUT2D eigenvalue weighted by Crippen LogP contribution is -2.72. The maximum absolute atomic E-state index is 14.2. The van der Waals surface area contributed by atoms with Crippen LogP contribution in [0, 0.1) is 10.8 Å². The van der Waals surface area contributed by atoms with E-state index < -0.39 is 110 Å². The molecule has 6 N–H and O–H groups in total. The van der Waals surface area contributed by atoms with E-state index in [0.717, 1.165) is 32.1 Å². The molecular weight excluding hydrogens is 820 g/mol. The highest BCUT2D eigenvalue weighted by Crippen LogP contribution is 2.41. The number of amides is 1. The van der Waals surface area contributed by atoms with Crippen molar-refractivity contribution in [2.45, 2.75) is 144 Å². The second-order valence-electron chi connectivity index (χ2n) is 16.1. The van der Waals surface area contributed by atoms with E-state index in [-0.39, 0.29) is 36.6 Å². The molecule has 4 saturated heterocycles. The van der Waals surface area contributed by atoms with Gasteiger partial charge in [0.1, 0.15) is 36.6 Å². The molecule has 1 amide bonds. The molecule has 7 rings (SSSR count). The molecule has 62 heavy (non-hydrogen) atoms. The minimum Gasteiger partial charge on any atom is -0.563 e. The average Bonchev–Trinajstić information content (AvgIpc) is 3.27. The standard InChI is InChI=1S/C42H54N2O18/c1-20-29(45)30(46)28(44-52)41(56-20)61-31-25(16-17-55-34(31)37(47)43-23-14-15-24(53-2)26(19-23)54-3)58-42-36(60-39(50)22-12-8-5-9-13-22)33(32-35(62-42)40(51)59-32)57-27(38(48)49)18-21-10-6-4-7-11-21/h5,8-9,12-15,19-21,25,27-36,40-42,45-46,51H,4,6-7,10-11,16-18H2,1-3H3,(H,43,47)(H,48,49)/p+1/t20?,25?,27?,28?,29?,30?,31?,32?,33?,34?,35?,36?,40-,41?,42?/m0/s1. The summed E-state index contributed by atoms with van der Waals surface area (Å²) in [4.78, 5) is 53.0. The van der Waals surface area contributed by atoms with Crippen LogP contribution in [-0.2, 0) is 47.5 Å². The maximum atomic E-state index is 14.2. The molecule has 5 fully saturated rings. The lowest BCUT2D eigenvalue weighted by molar-refractivity contribution is -0.423. The van der Waals surface area contributed by atoms with Gasteiger partial charge < -0.3 is 73.1 Å². The van der Waals surface area contributed by atoms with Gasteiger partial charge in [-0.25, -0.2) is 4.79 Å². The molecule has 5 aliphatic rings. The van der Waals surface area contributed by atoms with E-state index in [2.05, 4.69) is 10.5 Å². The molecule has 15 atom stereocenters. The van der Waals surface area contributed by atoms with Gasteiger partial charge in [0, 0.05) is 16.5 Å². The number of ether oxygens (including phenoxy) is 10. The number of fused-ring (bicyclic) bond motifs is 1. The zero-order valence-electron chi connectivity index (χ0n) is 34.5. The number of aliphatic hydroxyl groups is 3. The van der Waals surface area contributed by atoms with Crippen LogP contribution in [0.2, 0.25) is 0 Å². The molecule has 20 heteroatoms. The molecule has 4 aliphatic heterocycles. The third kappa shape index (κ3) is 10.0. The molecule has 14 unspecified atom stereocenters. The lowest BCUT2D eigenvalue weighted by Gasteiger charge is -2.53. The molecule has 340 valence electrons. The number of carbonyl (C=O) groups is 3. The van der Waals surface area contributed by atoms with Crippen molar-refractivity contribution in [3.63, 3.8) is 0 Å². The predicted octanol–water partition coefficient (Wildman–Crippen LogP) is 1.45. The quantitative estimate of drug-likeness (QED) is 0.106.